The van der Waals surface area contributed by atoms with Crippen LogP contribution in [0.3, 0.4) is 0 Å². The Labute approximate surface area is 120 Å². The van der Waals surface area contributed by atoms with Crippen LogP contribution in [0, 0.1) is 10.1 Å². The summed E-state index contributed by atoms with van der Waals surface area (Å²) in [4.78, 5) is 14.7. The van der Waals surface area contributed by atoms with Gasteiger partial charge in [-0.15, -0.1) is 11.3 Å². The second-order valence-electron chi connectivity index (χ2n) is 3.83. The van der Waals surface area contributed by atoms with Crippen molar-refractivity contribution >= 4 is 43.3 Å². The molecular formula is C11H7BrN4O2S. The Morgan fingerprint density at radius 3 is 2.89 bits per heavy atom. The number of nitro groups is 1. The zero-order valence-corrected chi connectivity index (χ0v) is 11.9. The first-order valence-corrected chi connectivity index (χ1v) is 6.96. The van der Waals surface area contributed by atoms with E-state index in [9.17, 15) is 10.1 Å². The molecule has 3 aromatic rings. The van der Waals surface area contributed by atoms with Crippen molar-refractivity contribution < 1.29 is 4.92 Å². The van der Waals surface area contributed by atoms with Crippen LogP contribution in [0.5, 0.6) is 0 Å². The lowest BCUT2D eigenvalue weighted by molar-refractivity contribution is -0.390. The fourth-order valence-corrected chi connectivity index (χ4v) is 3.14. The van der Waals surface area contributed by atoms with E-state index in [0.29, 0.717) is 11.0 Å². The summed E-state index contributed by atoms with van der Waals surface area (Å²) in [7, 11) is 0. The van der Waals surface area contributed by atoms with Gasteiger partial charge in [-0.3, -0.25) is 0 Å². The number of aromatic nitrogens is 3. The summed E-state index contributed by atoms with van der Waals surface area (Å²) < 4.78 is 2.98. The quantitative estimate of drug-likeness (QED) is 0.542. The first-order valence-electron chi connectivity index (χ1n) is 5.35. The SMILES string of the molecule is O=[N+]([O-])c1nn(Cc2nc3ccccc3s2)cc1Br. The van der Waals surface area contributed by atoms with E-state index in [1.165, 1.54) is 4.68 Å². The summed E-state index contributed by atoms with van der Waals surface area (Å²) in [5.41, 5.74) is 0.934. The van der Waals surface area contributed by atoms with E-state index in [-0.39, 0.29) is 5.82 Å². The molecular weight excluding hydrogens is 332 g/mol. The van der Waals surface area contributed by atoms with Gasteiger partial charge in [-0.2, -0.15) is 4.68 Å². The third-order valence-electron chi connectivity index (χ3n) is 2.51. The monoisotopic (exact) mass is 338 g/mol. The number of hydrogen-bond donors (Lipinski definition) is 0. The molecule has 0 aliphatic heterocycles. The summed E-state index contributed by atoms with van der Waals surface area (Å²) in [6.07, 6.45) is 1.59. The summed E-state index contributed by atoms with van der Waals surface area (Å²) in [6.45, 7) is 0.422. The van der Waals surface area contributed by atoms with E-state index in [4.69, 9.17) is 0 Å². The van der Waals surface area contributed by atoms with Crippen molar-refractivity contribution in [1.82, 2.24) is 14.8 Å². The highest BCUT2D eigenvalue weighted by molar-refractivity contribution is 9.10. The third kappa shape index (κ3) is 2.36. The molecule has 0 radical (unpaired) electrons. The lowest BCUT2D eigenvalue weighted by Crippen LogP contribution is -2.00. The van der Waals surface area contributed by atoms with Crippen LogP contribution in [-0.4, -0.2) is 19.7 Å². The van der Waals surface area contributed by atoms with Crippen molar-refractivity contribution in [2.24, 2.45) is 0 Å². The van der Waals surface area contributed by atoms with E-state index in [1.54, 1.807) is 17.5 Å². The maximum absolute atomic E-state index is 10.7. The van der Waals surface area contributed by atoms with Crippen molar-refractivity contribution in [3.8, 4) is 0 Å². The topological polar surface area (TPSA) is 73.8 Å². The van der Waals surface area contributed by atoms with Gasteiger partial charge in [0.1, 0.15) is 16.0 Å². The normalized spacial score (nSPS) is 11.0. The zero-order chi connectivity index (χ0) is 13.4. The van der Waals surface area contributed by atoms with E-state index >= 15 is 0 Å². The van der Waals surface area contributed by atoms with Gasteiger partial charge < -0.3 is 10.1 Å². The standard InChI is InChI=1S/C11H7BrN4O2S/c12-7-5-15(14-11(7)16(17)18)6-10-13-8-3-1-2-4-9(8)19-10/h1-5H,6H2. The molecule has 0 fully saturated rings. The molecule has 1 aromatic carbocycles. The largest absolute Gasteiger partial charge is 0.404 e. The molecule has 0 bridgehead atoms. The average molecular weight is 339 g/mol. The molecule has 96 valence electrons. The first kappa shape index (κ1) is 12.2. The van der Waals surface area contributed by atoms with Gasteiger partial charge in [0.15, 0.2) is 0 Å². The zero-order valence-electron chi connectivity index (χ0n) is 9.49. The molecule has 0 saturated carbocycles. The fraction of sp³-hybridized carbons (Fsp3) is 0.0909. The minimum atomic E-state index is -0.515. The summed E-state index contributed by atoms with van der Waals surface area (Å²) in [5.74, 6) is -0.180. The highest BCUT2D eigenvalue weighted by Gasteiger charge is 2.19. The number of thiazole rings is 1. The number of rotatable bonds is 3. The maximum atomic E-state index is 10.7. The van der Waals surface area contributed by atoms with Crippen LogP contribution in [0.4, 0.5) is 5.82 Å². The second kappa shape index (κ2) is 4.71. The number of halogens is 1. The number of hydrogen-bond acceptors (Lipinski definition) is 5. The molecule has 0 saturated heterocycles. The van der Waals surface area contributed by atoms with Gasteiger partial charge in [0.25, 0.3) is 0 Å². The molecule has 0 aliphatic rings. The van der Waals surface area contributed by atoms with Crippen LogP contribution < -0.4 is 0 Å². The fourth-order valence-electron chi connectivity index (χ4n) is 1.72. The van der Waals surface area contributed by atoms with Crippen LogP contribution in [-0.2, 0) is 6.54 Å². The lowest BCUT2D eigenvalue weighted by atomic mass is 10.3. The predicted molar refractivity (Wildman–Crippen MR) is 75.3 cm³/mol. The van der Waals surface area contributed by atoms with Crippen molar-refractivity contribution in [3.63, 3.8) is 0 Å². The van der Waals surface area contributed by atoms with Crippen LogP contribution in [0.15, 0.2) is 34.9 Å². The van der Waals surface area contributed by atoms with E-state index in [1.807, 2.05) is 24.3 Å². The number of nitrogens with zero attached hydrogens (tertiary/aromatic N) is 4. The highest BCUT2D eigenvalue weighted by Crippen LogP contribution is 2.25. The van der Waals surface area contributed by atoms with E-state index in [2.05, 4.69) is 26.0 Å². The number of benzene rings is 1. The molecule has 0 aliphatic carbocycles. The Kier molecular flexibility index (Phi) is 3.03. The average Bonchev–Trinajstić information content (AvgIpc) is 2.92. The Morgan fingerprint density at radius 1 is 1.42 bits per heavy atom. The van der Waals surface area contributed by atoms with Gasteiger partial charge in [0.2, 0.25) is 0 Å². The first-order chi connectivity index (χ1) is 9.13. The molecule has 8 heteroatoms. The molecule has 0 atom stereocenters. The predicted octanol–water partition coefficient (Wildman–Crippen LogP) is 3.21. The minimum Gasteiger partial charge on any atom is -0.358 e. The van der Waals surface area contributed by atoms with E-state index in [0.717, 1.165) is 15.2 Å². The van der Waals surface area contributed by atoms with Crippen LogP contribution >= 0.6 is 27.3 Å². The second-order valence-corrected chi connectivity index (χ2v) is 5.80. The van der Waals surface area contributed by atoms with Crippen LogP contribution in [0.25, 0.3) is 10.2 Å². The summed E-state index contributed by atoms with van der Waals surface area (Å²) >= 11 is 4.68. The van der Waals surface area contributed by atoms with Gasteiger partial charge >= 0.3 is 5.82 Å². The molecule has 6 nitrogen and oxygen atoms in total. The molecule has 0 unspecified atom stereocenters. The Morgan fingerprint density at radius 2 is 2.21 bits per heavy atom. The Balaban J connectivity index is 1.92. The van der Waals surface area contributed by atoms with Gasteiger partial charge in [-0.05, 0) is 33.0 Å². The van der Waals surface area contributed by atoms with Gasteiger partial charge in [0, 0.05) is 0 Å². The Hall–Kier alpha value is -1.80. The molecule has 0 N–H and O–H groups in total. The highest BCUT2D eigenvalue weighted by atomic mass is 79.9. The molecule has 2 aromatic heterocycles. The number of para-hydroxylation sites is 1. The van der Waals surface area contributed by atoms with Crippen molar-refractivity contribution in [1.29, 1.82) is 0 Å². The van der Waals surface area contributed by atoms with Crippen LogP contribution in [0.1, 0.15) is 5.01 Å². The van der Waals surface area contributed by atoms with Crippen LogP contribution in [0.2, 0.25) is 0 Å². The number of fused-ring (bicyclic) bond motifs is 1. The lowest BCUT2D eigenvalue weighted by Gasteiger charge is -1.90. The van der Waals surface area contributed by atoms with Crippen molar-refractivity contribution in [2.45, 2.75) is 6.54 Å². The molecule has 19 heavy (non-hydrogen) atoms. The molecule has 3 rings (SSSR count). The Bertz CT molecular complexity index is 734. The molecule has 2 heterocycles. The van der Waals surface area contributed by atoms with E-state index < -0.39 is 4.92 Å². The van der Waals surface area contributed by atoms with Gasteiger partial charge in [-0.25, -0.2) is 4.98 Å². The smallest absolute Gasteiger partial charge is 0.358 e. The summed E-state index contributed by atoms with van der Waals surface area (Å²) in [5, 5.41) is 15.5. The van der Waals surface area contributed by atoms with Crippen molar-refractivity contribution in [2.75, 3.05) is 0 Å². The summed E-state index contributed by atoms with van der Waals surface area (Å²) in [6, 6.07) is 7.83. The van der Waals surface area contributed by atoms with Gasteiger partial charge in [0.05, 0.1) is 21.5 Å². The minimum absolute atomic E-state index is 0.180. The molecule has 0 spiro atoms. The maximum Gasteiger partial charge on any atom is 0.404 e. The van der Waals surface area contributed by atoms with Gasteiger partial charge in [-0.1, -0.05) is 12.1 Å². The van der Waals surface area contributed by atoms with Crippen molar-refractivity contribution in [3.05, 3.63) is 50.1 Å². The molecule has 0 amide bonds. The third-order valence-corrected chi connectivity index (χ3v) is 4.09.